The zero-order valence-electron chi connectivity index (χ0n) is 17.6. The van der Waals surface area contributed by atoms with Crippen LogP contribution in [-0.4, -0.2) is 29.2 Å². The Morgan fingerprint density at radius 3 is 2.71 bits per heavy atom. The Kier molecular flexibility index (Phi) is 5.58. The van der Waals surface area contributed by atoms with E-state index in [1.165, 1.54) is 5.06 Å². The van der Waals surface area contributed by atoms with Crippen LogP contribution in [0.3, 0.4) is 0 Å². The number of allylic oxidation sites excluding steroid dienone is 1. The van der Waals surface area contributed by atoms with Gasteiger partial charge in [-0.15, -0.1) is 5.06 Å². The number of amides is 1. The number of hydrogen-bond acceptors (Lipinski definition) is 5. The molecule has 1 unspecified atom stereocenters. The van der Waals surface area contributed by atoms with Crippen LogP contribution in [0.25, 0.3) is 6.08 Å². The number of aliphatic imine (C=N–C) groups is 1. The molecule has 0 aliphatic carbocycles. The monoisotopic (exact) mass is 417 g/mol. The van der Waals surface area contributed by atoms with Crippen molar-refractivity contribution in [2.24, 2.45) is 4.99 Å². The third-order valence-electron chi connectivity index (χ3n) is 4.83. The van der Waals surface area contributed by atoms with Crippen molar-refractivity contribution < 1.29 is 19.1 Å². The van der Waals surface area contributed by atoms with E-state index in [0.29, 0.717) is 35.3 Å². The molecule has 1 amide bonds. The standard InChI is InChI=1S/C24H23N3O4/c1-4-29-21-14-17(10-11-20(21)30-16(3)18-8-6-5-7-9-18)13-19-23(25)27-22(26-24(19)28)12-15(2)31-27/h5-14,16,25H,4H2,1-3H3/b19-13+,25-23?. The molecule has 0 spiro atoms. The highest BCUT2D eigenvalue weighted by Crippen LogP contribution is 2.33. The van der Waals surface area contributed by atoms with Gasteiger partial charge in [0, 0.05) is 6.08 Å². The SMILES string of the molecule is CCOc1cc(/C=C2\C(=N)N3OC(C)=CC3=NC2=O)ccc1OC(C)c1ccccc1. The summed E-state index contributed by atoms with van der Waals surface area (Å²) in [5.41, 5.74) is 1.89. The number of rotatable bonds is 6. The molecule has 158 valence electrons. The molecule has 2 aliphatic rings. The first-order valence-corrected chi connectivity index (χ1v) is 10.0. The summed E-state index contributed by atoms with van der Waals surface area (Å²) in [4.78, 5) is 21.9. The van der Waals surface area contributed by atoms with Crippen molar-refractivity contribution in [3.63, 3.8) is 0 Å². The Morgan fingerprint density at radius 1 is 1.19 bits per heavy atom. The van der Waals surface area contributed by atoms with Gasteiger partial charge < -0.3 is 14.3 Å². The first-order chi connectivity index (χ1) is 15.0. The van der Waals surface area contributed by atoms with Gasteiger partial charge in [-0.3, -0.25) is 10.2 Å². The lowest BCUT2D eigenvalue weighted by atomic mass is 10.1. The van der Waals surface area contributed by atoms with Crippen LogP contribution < -0.4 is 9.47 Å². The molecule has 2 heterocycles. The smallest absolute Gasteiger partial charge is 0.282 e. The van der Waals surface area contributed by atoms with Gasteiger partial charge in [0.05, 0.1) is 12.2 Å². The average Bonchev–Trinajstić information content (AvgIpc) is 3.14. The number of hydrogen-bond donors (Lipinski definition) is 1. The number of ether oxygens (including phenoxy) is 2. The van der Waals surface area contributed by atoms with E-state index in [0.717, 1.165) is 5.56 Å². The highest BCUT2D eigenvalue weighted by atomic mass is 16.7. The Hall–Kier alpha value is -3.87. The predicted molar refractivity (Wildman–Crippen MR) is 118 cm³/mol. The van der Waals surface area contributed by atoms with Gasteiger partial charge in [-0.1, -0.05) is 36.4 Å². The molecule has 0 aromatic heterocycles. The molecule has 31 heavy (non-hydrogen) atoms. The summed E-state index contributed by atoms with van der Waals surface area (Å²) < 4.78 is 11.9. The molecule has 1 N–H and O–H groups in total. The molecule has 0 saturated heterocycles. The number of nitrogens with one attached hydrogen (secondary N) is 1. The number of fused-ring (bicyclic) bond motifs is 1. The minimum absolute atomic E-state index is 0.0564. The number of nitrogens with zero attached hydrogens (tertiary/aromatic N) is 2. The van der Waals surface area contributed by atoms with Gasteiger partial charge in [0.25, 0.3) is 5.91 Å². The maximum absolute atomic E-state index is 12.5. The van der Waals surface area contributed by atoms with Gasteiger partial charge in [0.2, 0.25) is 0 Å². The average molecular weight is 417 g/mol. The third kappa shape index (κ3) is 4.21. The third-order valence-corrected chi connectivity index (χ3v) is 4.83. The molecule has 0 bridgehead atoms. The van der Waals surface area contributed by atoms with Crippen molar-refractivity contribution in [3.05, 3.63) is 77.1 Å². The minimum Gasteiger partial charge on any atom is -0.490 e. The van der Waals surface area contributed by atoms with Crippen LogP contribution in [-0.2, 0) is 9.63 Å². The van der Waals surface area contributed by atoms with Gasteiger partial charge in [-0.05, 0) is 50.1 Å². The van der Waals surface area contributed by atoms with Crippen molar-refractivity contribution in [2.75, 3.05) is 6.61 Å². The van der Waals surface area contributed by atoms with Crippen molar-refractivity contribution in [1.82, 2.24) is 5.06 Å². The Balaban J connectivity index is 1.61. The second-order valence-electron chi connectivity index (χ2n) is 7.13. The maximum atomic E-state index is 12.5. The van der Waals surface area contributed by atoms with Crippen molar-refractivity contribution in [2.45, 2.75) is 26.9 Å². The highest BCUT2D eigenvalue weighted by Gasteiger charge is 2.34. The lowest BCUT2D eigenvalue weighted by molar-refractivity contribution is -0.114. The van der Waals surface area contributed by atoms with E-state index in [9.17, 15) is 4.79 Å². The lowest BCUT2D eigenvalue weighted by Gasteiger charge is -2.23. The zero-order valence-corrected chi connectivity index (χ0v) is 17.6. The first kappa shape index (κ1) is 20.4. The van der Waals surface area contributed by atoms with Gasteiger partial charge in [0.15, 0.2) is 23.2 Å². The molecule has 2 aromatic rings. The van der Waals surface area contributed by atoms with E-state index in [2.05, 4.69) is 4.99 Å². The molecule has 7 nitrogen and oxygen atoms in total. The fraction of sp³-hybridized carbons (Fsp3) is 0.208. The van der Waals surface area contributed by atoms with E-state index >= 15 is 0 Å². The molecule has 2 aliphatic heterocycles. The number of amidine groups is 2. The Labute approximate surface area is 180 Å². The molecule has 2 aromatic carbocycles. The normalized spacial score (nSPS) is 17.6. The molecular weight excluding hydrogens is 394 g/mol. The second kappa shape index (κ2) is 8.47. The van der Waals surface area contributed by atoms with Gasteiger partial charge in [-0.25, -0.2) is 0 Å². The summed E-state index contributed by atoms with van der Waals surface area (Å²) in [5.74, 6) is 1.52. The quantitative estimate of drug-likeness (QED) is 0.690. The molecule has 0 radical (unpaired) electrons. The van der Waals surface area contributed by atoms with Crippen LogP contribution in [0.5, 0.6) is 11.5 Å². The van der Waals surface area contributed by atoms with Crippen LogP contribution in [0, 0.1) is 5.41 Å². The minimum atomic E-state index is -0.484. The Bertz CT molecular complexity index is 1120. The second-order valence-corrected chi connectivity index (χ2v) is 7.13. The van der Waals surface area contributed by atoms with Crippen LogP contribution in [0.4, 0.5) is 0 Å². The number of benzene rings is 2. The fourth-order valence-electron chi connectivity index (χ4n) is 3.33. The van der Waals surface area contributed by atoms with Crippen LogP contribution in [0.1, 0.15) is 38.0 Å². The van der Waals surface area contributed by atoms with E-state index < -0.39 is 5.91 Å². The molecule has 0 fully saturated rings. The molecule has 0 saturated carbocycles. The van der Waals surface area contributed by atoms with Crippen molar-refractivity contribution >= 4 is 23.7 Å². The van der Waals surface area contributed by atoms with E-state index in [4.69, 9.17) is 19.7 Å². The fourth-order valence-corrected chi connectivity index (χ4v) is 3.33. The van der Waals surface area contributed by atoms with Gasteiger partial charge in [-0.2, -0.15) is 4.99 Å². The first-order valence-electron chi connectivity index (χ1n) is 10.0. The highest BCUT2D eigenvalue weighted by molar-refractivity contribution is 6.32. The predicted octanol–water partition coefficient (Wildman–Crippen LogP) is 4.68. The van der Waals surface area contributed by atoms with Gasteiger partial charge >= 0.3 is 0 Å². The van der Waals surface area contributed by atoms with Gasteiger partial charge in [0.1, 0.15) is 11.9 Å². The largest absolute Gasteiger partial charge is 0.490 e. The van der Waals surface area contributed by atoms with Crippen LogP contribution in [0.15, 0.2) is 70.9 Å². The Morgan fingerprint density at radius 2 is 1.97 bits per heavy atom. The number of carbonyl (C=O) groups is 1. The number of carbonyl (C=O) groups excluding carboxylic acids is 1. The lowest BCUT2D eigenvalue weighted by Crippen LogP contribution is -2.38. The maximum Gasteiger partial charge on any atom is 0.282 e. The van der Waals surface area contributed by atoms with E-state index in [-0.39, 0.29) is 17.5 Å². The summed E-state index contributed by atoms with van der Waals surface area (Å²) >= 11 is 0. The topological polar surface area (TPSA) is 84.2 Å². The molecule has 4 rings (SSSR count). The van der Waals surface area contributed by atoms with E-state index in [1.807, 2.05) is 50.2 Å². The van der Waals surface area contributed by atoms with Crippen LogP contribution >= 0.6 is 0 Å². The van der Waals surface area contributed by atoms with Crippen LogP contribution in [0.2, 0.25) is 0 Å². The summed E-state index contributed by atoms with van der Waals surface area (Å²) in [7, 11) is 0. The molecule has 1 atom stereocenters. The zero-order chi connectivity index (χ0) is 22.0. The molecule has 7 heteroatoms. The summed E-state index contributed by atoms with van der Waals surface area (Å²) in [5, 5.41) is 9.59. The molecular formula is C24H23N3O4. The summed E-state index contributed by atoms with van der Waals surface area (Å²) in [6.07, 6.45) is 3.07. The summed E-state index contributed by atoms with van der Waals surface area (Å²) in [6, 6.07) is 15.3. The van der Waals surface area contributed by atoms with E-state index in [1.54, 1.807) is 31.2 Å². The van der Waals surface area contributed by atoms with Crippen molar-refractivity contribution in [1.29, 1.82) is 5.41 Å². The summed E-state index contributed by atoms with van der Waals surface area (Å²) in [6.45, 7) is 6.08. The number of hydroxylamine groups is 2. The van der Waals surface area contributed by atoms with Crippen molar-refractivity contribution in [3.8, 4) is 11.5 Å².